The maximum absolute atomic E-state index is 12.6. The Bertz CT molecular complexity index is 962. The molecule has 0 saturated heterocycles. The molecule has 22 heavy (non-hydrogen) atoms. The van der Waals surface area contributed by atoms with E-state index in [0.29, 0.717) is 22.9 Å². The summed E-state index contributed by atoms with van der Waals surface area (Å²) in [5, 5.41) is 3.91. The summed E-state index contributed by atoms with van der Waals surface area (Å²) in [7, 11) is 0. The standard InChI is InChI=1S/C17H12ClNO2S/c1-2-7-19-11-4-6-14-13(9-11)16(20)12-5-3-10(17(18)21)8-15(12)22-14/h2-6,8-9,19H,1,7H2. The lowest BCUT2D eigenvalue weighted by atomic mass is 10.1. The second-order valence-electron chi connectivity index (χ2n) is 4.80. The minimum atomic E-state index is -0.523. The van der Waals surface area contributed by atoms with Crippen molar-refractivity contribution >= 4 is 54.0 Å². The van der Waals surface area contributed by atoms with Crippen molar-refractivity contribution in [3.63, 3.8) is 0 Å². The summed E-state index contributed by atoms with van der Waals surface area (Å²) in [6, 6.07) is 10.6. The Labute approximate surface area is 135 Å². The number of hydrogen-bond acceptors (Lipinski definition) is 4. The third-order valence-electron chi connectivity index (χ3n) is 3.35. The molecule has 2 aromatic carbocycles. The van der Waals surface area contributed by atoms with Gasteiger partial charge < -0.3 is 5.32 Å². The lowest BCUT2D eigenvalue weighted by Crippen LogP contribution is -2.03. The van der Waals surface area contributed by atoms with Crippen LogP contribution < -0.4 is 10.7 Å². The van der Waals surface area contributed by atoms with Crippen molar-refractivity contribution in [1.82, 2.24) is 0 Å². The van der Waals surface area contributed by atoms with Crippen molar-refractivity contribution in [2.24, 2.45) is 0 Å². The van der Waals surface area contributed by atoms with E-state index in [-0.39, 0.29) is 5.43 Å². The Balaban J connectivity index is 2.24. The van der Waals surface area contributed by atoms with Gasteiger partial charge in [0.25, 0.3) is 5.24 Å². The van der Waals surface area contributed by atoms with Gasteiger partial charge >= 0.3 is 0 Å². The summed E-state index contributed by atoms with van der Waals surface area (Å²) in [5.41, 5.74) is 1.23. The zero-order valence-electron chi connectivity index (χ0n) is 11.6. The SMILES string of the molecule is C=CCNc1ccc2sc3cc(C(=O)Cl)ccc3c(=O)c2c1. The maximum atomic E-state index is 12.6. The van der Waals surface area contributed by atoms with Gasteiger partial charge in [0.15, 0.2) is 5.43 Å². The van der Waals surface area contributed by atoms with E-state index in [1.54, 1.807) is 24.3 Å². The number of fused-ring (bicyclic) bond motifs is 2. The first-order valence-corrected chi connectivity index (χ1v) is 7.85. The Morgan fingerprint density at radius 1 is 1.18 bits per heavy atom. The van der Waals surface area contributed by atoms with E-state index in [0.717, 1.165) is 15.1 Å². The third-order valence-corrected chi connectivity index (χ3v) is 4.70. The Kier molecular flexibility index (Phi) is 3.96. The second-order valence-corrected chi connectivity index (χ2v) is 6.22. The summed E-state index contributed by atoms with van der Waals surface area (Å²) < 4.78 is 1.64. The summed E-state index contributed by atoms with van der Waals surface area (Å²) in [4.78, 5) is 23.9. The minimum absolute atomic E-state index is 0.0421. The van der Waals surface area contributed by atoms with E-state index in [4.69, 9.17) is 11.6 Å². The van der Waals surface area contributed by atoms with E-state index < -0.39 is 5.24 Å². The van der Waals surface area contributed by atoms with Crippen LogP contribution in [0.25, 0.3) is 20.2 Å². The molecule has 0 fully saturated rings. The molecule has 0 saturated carbocycles. The van der Waals surface area contributed by atoms with Crippen LogP contribution in [0.5, 0.6) is 0 Å². The van der Waals surface area contributed by atoms with E-state index >= 15 is 0 Å². The van der Waals surface area contributed by atoms with Gasteiger partial charge in [0, 0.05) is 38.0 Å². The molecular formula is C17H12ClNO2S. The van der Waals surface area contributed by atoms with E-state index in [1.807, 2.05) is 18.2 Å². The van der Waals surface area contributed by atoms with Crippen molar-refractivity contribution in [3.8, 4) is 0 Å². The molecule has 0 atom stereocenters. The van der Waals surface area contributed by atoms with Gasteiger partial charge in [-0.05, 0) is 48.0 Å². The van der Waals surface area contributed by atoms with Crippen LogP contribution in [0.2, 0.25) is 0 Å². The first-order chi connectivity index (χ1) is 10.6. The number of rotatable bonds is 4. The highest BCUT2D eigenvalue weighted by atomic mass is 35.5. The highest BCUT2D eigenvalue weighted by molar-refractivity contribution is 7.24. The summed E-state index contributed by atoms with van der Waals surface area (Å²) in [6.45, 7) is 4.30. The molecule has 0 aliphatic rings. The molecule has 3 rings (SSSR count). The number of carbonyl (C=O) groups excluding carboxylic acids is 1. The zero-order valence-corrected chi connectivity index (χ0v) is 13.1. The molecule has 3 aromatic rings. The summed E-state index contributed by atoms with van der Waals surface area (Å²) in [6.07, 6.45) is 1.76. The lowest BCUT2D eigenvalue weighted by molar-refractivity contribution is 0.108. The number of hydrogen-bond donors (Lipinski definition) is 1. The fourth-order valence-electron chi connectivity index (χ4n) is 2.28. The van der Waals surface area contributed by atoms with Crippen LogP contribution in [0.3, 0.4) is 0 Å². The maximum Gasteiger partial charge on any atom is 0.252 e. The van der Waals surface area contributed by atoms with Crippen molar-refractivity contribution in [2.45, 2.75) is 0 Å². The van der Waals surface area contributed by atoms with Gasteiger partial charge in [-0.3, -0.25) is 9.59 Å². The van der Waals surface area contributed by atoms with Crippen LogP contribution >= 0.6 is 22.9 Å². The van der Waals surface area contributed by atoms with E-state index in [2.05, 4.69) is 11.9 Å². The fourth-order valence-corrected chi connectivity index (χ4v) is 3.49. The molecule has 0 amide bonds. The normalized spacial score (nSPS) is 10.8. The van der Waals surface area contributed by atoms with Crippen molar-refractivity contribution in [3.05, 3.63) is 64.8 Å². The number of anilines is 1. The van der Waals surface area contributed by atoms with Crippen LogP contribution in [0.4, 0.5) is 5.69 Å². The average Bonchev–Trinajstić information content (AvgIpc) is 2.52. The molecule has 110 valence electrons. The molecule has 1 heterocycles. The number of benzene rings is 2. The van der Waals surface area contributed by atoms with Crippen molar-refractivity contribution < 1.29 is 4.79 Å². The van der Waals surface area contributed by atoms with E-state index in [9.17, 15) is 9.59 Å². The molecule has 1 N–H and O–H groups in total. The lowest BCUT2D eigenvalue weighted by Gasteiger charge is -2.06. The zero-order chi connectivity index (χ0) is 15.7. The largest absolute Gasteiger partial charge is 0.382 e. The molecule has 0 unspecified atom stereocenters. The topological polar surface area (TPSA) is 46.2 Å². The van der Waals surface area contributed by atoms with Gasteiger partial charge in [0.05, 0.1) is 0 Å². The molecule has 0 spiro atoms. The first-order valence-electron chi connectivity index (χ1n) is 6.65. The third kappa shape index (κ3) is 2.63. The van der Waals surface area contributed by atoms with Crippen LogP contribution in [0.15, 0.2) is 53.8 Å². The van der Waals surface area contributed by atoms with E-state index in [1.165, 1.54) is 11.3 Å². The predicted octanol–water partition coefficient (Wildman–Crippen LogP) is 4.39. The van der Waals surface area contributed by atoms with Gasteiger partial charge in [-0.2, -0.15) is 0 Å². The molecule has 1 aromatic heterocycles. The van der Waals surface area contributed by atoms with Crippen LogP contribution in [0.1, 0.15) is 10.4 Å². The Morgan fingerprint density at radius 3 is 2.73 bits per heavy atom. The second kappa shape index (κ2) is 5.91. The molecule has 0 bridgehead atoms. The Morgan fingerprint density at radius 2 is 2.00 bits per heavy atom. The molecule has 0 aliphatic carbocycles. The highest BCUT2D eigenvalue weighted by Crippen LogP contribution is 2.27. The monoisotopic (exact) mass is 329 g/mol. The average molecular weight is 330 g/mol. The van der Waals surface area contributed by atoms with Crippen LogP contribution in [0, 0.1) is 0 Å². The first kappa shape index (κ1) is 14.8. The number of halogens is 1. The number of carbonyl (C=O) groups is 1. The quantitative estimate of drug-likeness (QED) is 0.438. The fraction of sp³-hybridized carbons (Fsp3) is 0.0588. The van der Waals surface area contributed by atoms with Gasteiger partial charge in [0.2, 0.25) is 0 Å². The van der Waals surface area contributed by atoms with Gasteiger partial charge in [-0.25, -0.2) is 0 Å². The molecule has 5 heteroatoms. The van der Waals surface area contributed by atoms with Crippen molar-refractivity contribution in [2.75, 3.05) is 11.9 Å². The van der Waals surface area contributed by atoms with Gasteiger partial charge in [0.1, 0.15) is 0 Å². The summed E-state index contributed by atoms with van der Waals surface area (Å²) >= 11 is 6.97. The molecular weight excluding hydrogens is 318 g/mol. The smallest absolute Gasteiger partial charge is 0.252 e. The molecule has 3 nitrogen and oxygen atoms in total. The van der Waals surface area contributed by atoms with Gasteiger partial charge in [-0.1, -0.05) is 6.08 Å². The van der Waals surface area contributed by atoms with Crippen LogP contribution in [-0.2, 0) is 0 Å². The molecule has 0 aliphatic heterocycles. The summed E-state index contributed by atoms with van der Waals surface area (Å²) in [5.74, 6) is 0. The highest BCUT2D eigenvalue weighted by Gasteiger charge is 2.09. The minimum Gasteiger partial charge on any atom is -0.382 e. The number of nitrogens with one attached hydrogen (secondary N) is 1. The Hall–Kier alpha value is -2.17. The molecule has 0 radical (unpaired) electrons. The van der Waals surface area contributed by atoms with Gasteiger partial charge in [-0.15, -0.1) is 17.9 Å². The van der Waals surface area contributed by atoms with Crippen molar-refractivity contribution in [1.29, 1.82) is 0 Å². The van der Waals surface area contributed by atoms with Crippen LogP contribution in [-0.4, -0.2) is 11.8 Å². The predicted molar refractivity (Wildman–Crippen MR) is 94.5 cm³/mol.